The van der Waals surface area contributed by atoms with Crippen molar-refractivity contribution in [3.05, 3.63) is 66.0 Å². The van der Waals surface area contributed by atoms with Crippen LogP contribution in [0.5, 0.6) is 5.75 Å². The molecule has 0 saturated heterocycles. The number of carboxylic acid groups (broad SMARTS) is 1. The summed E-state index contributed by atoms with van der Waals surface area (Å²) < 4.78 is 18.1. The van der Waals surface area contributed by atoms with Crippen molar-refractivity contribution in [2.75, 3.05) is 6.61 Å². The van der Waals surface area contributed by atoms with Gasteiger partial charge in [0.1, 0.15) is 11.6 Å². The molecule has 2 aromatic carbocycles. The lowest BCUT2D eigenvalue weighted by molar-refractivity contribution is -0.142. The standard InChI is InChI=1S/C16H14FNO4/c17-12-7-4-8-13(9-12)22-10-14(19)18-15(16(20)21)11-5-2-1-3-6-11/h1-9,15H,10H2,(H,18,19)(H,20,21). The fourth-order valence-corrected chi connectivity index (χ4v) is 1.84. The Morgan fingerprint density at radius 1 is 1.14 bits per heavy atom. The first-order valence-electron chi connectivity index (χ1n) is 6.52. The Morgan fingerprint density at radius 3 is 2.50 bits per heavy atom. The number of nitrogens with one attached hydrogen (secondary N) is 1. The third-order valence-corrected chi connectivity index (χ3v) is 2.85. The average Bonchev–Trinajstić information content (AvgIpc) is 2.51. The number of carboxylic acids is 1. The van der Waals surface area contributed by atoms with Gasteiger partial charge in [-0.2, -0.15) is 0 Å². The molecule has 0 heterocycles. The van der Waals surface area contributed by atoms with Crippen LogP contribution in [0.2, 0.25) is 0 Å². The Bertz CT molecular complexity index is 660. The highest BCUT2D eigenvalue weighted by atomic mass is 19.1. The summed E-state index contributed by atoms with van der Waals surface area (Å²) in [5.41, 5.74) is 0.453. The van der Waals surface area contributed by atoms with Gasteiger partial charge in [-0.1, -0.05) is 36.4 Å². The molecule has 0 fully saturated rings. The van der Waals surface area contributed by atoms with E-state index in [4.69, 9.17) is 4.74 Å². The predicted octanol–water partition coefficient (Wildman–Crippen LogP) is 2.15. The van der Waals surface area contributed by atoms with Gasteiger partial charge in [0, 0.05) is 6.07 Å². The molecule has 5 nitrogen and oxygen atoms in total. The maximum Gasteiger partial charge on any atom is 0.330 e. The molecule has 0 aliphatic rings. The minimum atomic E-state index is -1.18. The van der Waals surface area contributed by atoms with Crippen molar-refractivity contribution in [1.29, 1.82) is 0 Å². The monoisotopic (exact) mass is 303 g/mol. The van der Waals surface area contributed by atoms with Gasteiger partial charge < -0.3 is 15.2 Å². The summed E-state index contributed by atoms with van der Waals surface area (Å²) in [7, 11) is 0. The second-order valence-corrected chi connectivity index (χ2v) is 4.50. The molecule has 1 amide bonds. The highest BCUT2D eigenvalue weighted by Gasteiger charge is 2.21. The van der Waals surface area contributed by atoms with Crippen LogP contribution in [0.4, 0.5) is 4.39 Å². The number of carbonyl (C=O) groups is 2. The Hall–Kier alpha value is -2.89. The first-order chi connectivity index (χ1) is 10.6. The maximum atomic E-state index is 13.0. The van der Waals surface area contributed by atoms with E-state index in [2.05, 4.69) is 5.32 Å². The molecule has 0 aliphatic carbocycles. The first-order valence-corrected chi connectivity index (χ1v) is 6.52. The molecule has 0 aliphatic heterocycles. The number of hydrogen-bond acceptors (Lipinski definition) is 3. The number of hydrogen-bond donors (Lipinski definition) is 2. The fraction of sp³-hybridized carbons (Fsp3) is 0.125. The molecule has 2 rings (SSSR count). The predicted molar refractivity (Wildman–Crippen MR) is 76.9 cm³/mol. The zero-order chi connectivity index (χ0) is 15.9. The molecule has 2 N–H and O–H groups in total. The topological polar surface area (TPSA) is 75.6 Å². The number of rotatable bonds is 6. The van der Waals surface area contributed by atoms with Gasteiger partial charge in [-0.3, -0.25) is 4.79 Å². The van der Waals surface area contributed by atoms with Gasteiger partial charge >= 0.3 is 5.97 Å². The van der Waals surface area contributed by atoms with E-state index in [1.54, 1.807) is 30.3 Å². The van der Waals surface area contributed by atoms with Crippen LogP contribution in [0.15, 0.2) is 54.6 Å². The van der Waals surface area contributed by atoms with E-state index in [9.17, 15) is 19.1 Å². The molecule has 6 heteroatoms. The highest BCUT2D eigenvalue weighted by Crippen LogP contribution is 2.14. The molecular formula is C16H14FNO4. The summed E-state index contributed by atoms with van der Waals surface area (Å²) in [6, 6.07) is 12.5. The quantitative estimate of drug-likeness (QED) is 0.857. The van der Waals surface area contributed by atoms with E-state index in [0.29, 0.717) is 5.56 Å². The van der Waals surface area contributed by atoms with Gasteiger partial charge in [0.2, 0.25) is 0 Å². The van der Waals surface area contributed by atoms with E-state index in [0.717, 1.165) is 6.07 Å². The summed E-state index contributed by atoms with van der Waals surface area (Å²) in [4.78, 5) is 23.0. The second-order valence-electron chi connectivity index (χ2n) is 4.50. The number of aliphatic carboxylic acids is 1. The van der Waals surface area contributed by atoms with E-state index in [1.807, 2.05) is 0 Å². The van der Waals surface area contributed by atoms with Crippen LogP contribution in [-0.4, -0.2) is 23.6 Å². The number of benzene rings is 2. The fourth-order valence-electron chi connectivity index (χ4n) is 1.84. The van der Waals surface area contributed by atoms with Crippen LogP contribution in [0.3, 0.4) is 0 Å². The van der Waals surface area contributed by atoms with Crippen LogP contribution in [-0.2, 0) is 9.59 Å². The molecule has 114 valence electrons. The Morgan fingerprint density at radius 2 is 1.86 bits per heavy atom. The Labute approximate surface area is 126 Å². The van der Waals surface area contributed by atoms with Gasteiger partial charge in [0.15, 0.2) is 12.6 Å². The molecule has 0 saturated carbocycles. The first kappa shape index (κ1) is 15.5. The SMILES string of the molecule is O=C(COc1cccc(F)c1)NC(C(=O)O)c1ccccc1. The molecular weight excluding hydrogens is 289 g/mol. The smallest absolute Gasteiger partial charge is 0.330 e. The van der Waals surface area contributed by atoms with Crippen molar-refractivity contribution >= 4 is 11.9 Å². The Balaban J connectivity index is 1.96. The highest BCUT2D eigenvalue weighted by molar-refractivity contribution is 5.85. The molecule has 1 unspecified atom stereocenters. The Kier molecular flexibility index (Phi) is 5.08. The average molecular weight is 303 g/mol. The summed E-state index contributed by atoms with van der Waals surface area (Å²) in [5.74, 6) is -2.07. The summed E-state index contributed by atoms with van der Waals surface area (Å²) in [5, 5.41) is 11.6. The van der Waals surface area contributed by atoms with Crippen molar-refractivity contribution in [3.63, 3.8) is 0 Å². The zero-order valence-corrected chi connectivity index (χ0v) is 11.5. The van der Waals surface area contributed by atoms with Gasteiger partial charge in [0.25, 0.3) is 5.91 Å². The normalized spacial score (nSPS) is 11.5. The molecule has 22 heavy (non-hydrogen) atoms. The zero-order valence-electron chi connectivity index (χ0n) is 11.5. The molecule has 0 aromatic heterocycles. The van der Waals surface area contributed by atoms with Crippen LogP contribution in [0.25, 0.3) is 0 Å². The lowest BCUT2D eigenvalue weighted by Crippen LogP contribution is -2.36. The third kappa shape index (κ3) is 4.31. The van der Waals surface area contributed by atoms with Gasteiger partial charge in [-0.25, -0.2) is 9.18 Å². The number of carbonyl (C=O) groups excluding carboxylic acids is 1. The van der Waals surface area contributed by atoms with Crippen molar-refractivity contribution in [1.82, 2.24) is 5.32 Å². The van der Waals surface area contributed by atoms with Crippen LogP contribution in [0, 0.1) is 5.82 Å². The lowest BCUT2D eigenvalue weighted by atomic mass is 10.1. The number of halogens is 1. The molecule has 2 aromatic rings. The summed E-state index contributed by atoms with van der Waals surface area (Å²) in [6.07, 6.45) is 0. The van der Waals surface area contributed by atoms with Gasteiger partial charge in [-0.05, 0) is 17.7 Å². The molecule has 0 radical (unpaired) electrons. The van der Waals surface area contributed by atoms with E-state index < -0.39 is 30.3 Å². The van der Waals surface area contributed by atoms with Crippen molar-refractivity contribution in [3.8, 4) is 5.75 Å². The third-order valence-electron chi connectivity index (χ3n) is 2.85. The number of ether oxygens (including phenoxy) is 1. The van der Waals surface area contributed by atoms with E-state index >= 15 is 0 Å². The largest absolute Gasteiger partial charge is 0.484 e. The van der Waals surface area contributed by atoms with Gasteiger partial charge in [-0.15, -0.1) is 0 Å². The second kappa shape index (κ2) is 7.21. The van der Waals surface area contributed by atoms with Crippen LogP contribution in [0.1, 0.15) is 11.6 Å². The van der Waals surface area contributed by atoms with Crippen molar-refractivity contribution in [2.24, 2.45) is 0 Å². The molecule has 1 atom stereocenters. The van der Waals surface area contributed by atoms with Crippen LogP contribution < -0.4 is 10.1 Å². The van der Waals surface area contributed by atoms with Crippen molar-refractivity contribution < 1.29 is 23.8 Å². The summed E-state index contributed by atoms with van der Waals surface area (Å²) in [6.45, 7) is -0.403. The van der Waals surface area contributed by atoms with E-state index in [-0.39, 0.29) is 5.75 Å². The minimum Gasteiger partial charge on any atom is -0.484 e. The van der Waals surface area contributed by atoms with Crippen molar-refractivity contribution in [2.45, 2.75) is 6.04 Å². The molecule has 0 bridgehead atoms. The molecule has 0 spiro atoms. The van der Waals surface area contributed by atoms with Gasteiger partial charge in [0.05, 0.1) is 0 Å². The minimum absolute atomic E-state index is 0.196. The number of amides is 1. The summed E-state index contributed by atoms with van der Waals surface area (Å²) >= 11 is 0. The maximum absolute atomic E-state index is 13.0. The van der Waals surface area contributed by atoms with Crippen LogP contribution >= 0.6 is 0 Å². The van der Waals surface area contributed by atoms with E-state index in [1.165, 1.54) is 18.2 Å². The lowest BCUT2D eigenvalue weighted by Gasteiger charge is -2.15.